The minimum Gasteiger partial charge on any atom is -0.434 e. The van der Waals surface area contributed by atoms with Gasteiger partial charge < -0.3 is 10.1 Å². The molecule has 1 aromatic heterocycles. The number of rotatable bonds is 2. The molecule has 0 aliphatic carbocycles. The van der Waals surface area contributed by atoms with E-state index < -0.39 is 12.2 Å². The summed E-state index contributed by atoms with van der Waals surface area (Å²) in [6.45, 7) is 0.213. The Morgan fingerprint density at radius 2 is 2.30 bits per heavy atom. The van der Waals surface area contributed by atoms with Crippen molar-refractivity contribution >= 4 is 28.6 Å². The number of cyclic esters (lactones) is 1. The van der Waals surface area contributed by atoms with Gasteiger partial charge >= 0.3 is 6.09 Å². The number of ether oxygens (including phenoxy) is 1. The Bertz CT molecular complexity index is 694. The average molecular weight is 274 g/mol. The van der Waals surface area contributed by atoms with Crippen LogP contribution in [-0.2, 0) is 16.6 Å². The number of benzene rings is 1. The predicted octanol–water partition coefficient (Wildman–Crippen LogP) is 0.644. The van der Waals surface area contributed by atoms with Crippen molar-refractivity contribution in [2.24, 2.45) is 7.05 Å². The first-order chi connectivity index (χ1) is 9.60. The highest BCUT2D eigenvalue weighted by Gasteiger charge is 2.36. The summed E-state index contributed by atoms with van der Waals surface area (Å²) < 4.78 is 6.81. The number of nitrogens with one attached hydrogen (secondary N) is 1. The van der Waals surface area contributed by atoms with Crippen LogP contribution in [0, 0.1) is 0 Å². The summed E-state index contributed by atoms with van der Waals surface area (Å²) in [5, 5.41) is 7.56. The lowest BCUT2D eigenvalue weighted by Crippen LogP contribution is -2.35. The molecule has 1 fully saturated rings. The highest BCUT2D eigenvalue weighted by atomic mass is 16.6. The van der Waals surface area contributed by atoms with Crippen molar-refractivity contribution in [2.75, 3.05) is 18.5 Å². The molecule has 0 bridgehead atoms. The summed E-state index contributed by atoms with van der Waals surface area (Å²) >= 11 is 0. The van der Waals surface area contributed by atoms with Crippen molar-refractivity contribution in [3.8, 4) is 0 Å². The number of anilines is 1. The fourth-order valence-electron chi connectivity index (χ4n) is 2.29. The van der Waals surface area contributed by atoms with E-state index in [-0.39, 0.29) is 12.5 Å². The van der Waals surface area contributed by atoms with Crippen LogP contribution in [0.5, 0.6) is 0 Å². The third-order valence-electron chi connectivity index (χ3n) is 3.39. The van der Waals surface area contributed by atoms with E-state index in [1.165, 1.54) is 11.9 Å². The van der Waals surface area contributed by atoms with Gasteiger partial charge in [-0.25, -0.2) is 4.79 Å². The predicted molar refractivity (Wildman–Crippen MR) is 72.4 cm³/mol. The van der Waals surface area contributed by atoms with Gasteiger partial charge in [0.2, 0.25) is 0 Å². The molecule has 1 N–H and O–H groups in total. The molecule has 0 saturated carbocycles. The second-order valence-corrected chi connectivity index (χ2v) is 4.61. The Labute approximate surface area is 115 Å². The van der Waals surface area contributed by atoms with Gasteiger partial charge in [0.1, 0.15) is 0 Å². The fourth-order valence-corrected chi connectivity index (χ4v) is 2.29. The van der Waals surface area contributed by atoms with E-state index in [4.69, 9.17) is 4.74 Å². The molecular formula is C13H14N4O3. The number of aryl methyl sites for hydroxylation is 1. The van der Waals surface area contributed by atoms with Gasteiger partial charge in [0, 0.05) is 25.2 Å². The Kier molecular flexibility index (Phi) is 2.81. The number of hydrogen-bond donors (Lipinski definition) is 1. The smallest absolute Gasteiger partial charge is 0.415 e. The summed E-state index contributed by atoms with van der Waals surface area (Å²) in [5.41, 5.74) is 1.67. The molecule has 7 nitrogen and oxygen atoms in total. The van der Waals surface area contributed by atoms with Gasteiger partial charge in [0.05, 0.1) is 18.3 Å². The molecule has 7 heteroatoms. The molecule has 1 atom stereocenters. The lowest BCUT2D eigenvalue weighted by molar-refractivity contribution is -0.127. The van der Waals surface area contributed by atoms with E-state index in [1.54, 1.807) is 10.9 Å². The van der Waals surface area contributed by atoms with E-state index in [1.807, 2.05) is 25.2 Å². The SMILES string of the molecule is CNC(=O)[C@H]1CN(c2ccc3c(cnn3C)c2)C(=O)O1. The van der Waals surface area contributed by atoms with Crippen molar-refractivity contribution in [2.45, 2.75) is 6.10 Å². The maximum atomic E-state index is 11.8. The minimum absolute atomic E-state index is 0.213. The second-order valence-electron chi connectivity index (χ2n) is 4.61. The maximum Gasteiger partial charge on any atom is 0.415 e. The van der Waals surface area contributed by atoms with Gasteiger partial charge in [-0.2, -0.15) is 5.10 Å². The van der Waals surface area contributed by atoms with Crippen LogP contribution < -0.4 is 10.2 Å². The lowest BCUT2D eigenvalue weighted by atomic mass is 10.2. The van der Waals surface area contributed by atoms with Crippen LogP contribution in [0.2, 0.25) is 0 Å². The molecule has 20 heavy (non-hydrogen) atoms. The summed E-state index contributed by atoms with van der Waals surface area (Å²) in [6, 6.07) is 5.56. The van der Waals surface area contributed by atoms with Crippen molar-refractivity contribution in [3.63, 3.8) is 0 Å². The first kappa shape index (κ1) is 12.5. The van der Waals surface area contributed by atoms with Gasteiger partial charge in [-0.1, -0.05) is 0 Å². The first-order valence-electron chi connectivity index (χ1n) is 6.21. The molecule has 0 unspecified atom stereocenters. The topological polar surface area (TPSA) is 76.5 Å². The molecule has 0 radical (unpaired) electrons. The monoisotopic (exact) mass is 274 g/mol. The summed E-state index contributed by atoms with van der Waals surface area (Å²) in [5.74, 6) is -0.302. The number of hydrogen-bond acceptors (Lipinski definition) is 4. The van der Waals surface area contributed by atoms with Crippen LogP contribution in [0.4, 0.5) is 10.5 Å². The van der Waals surface area contributed by atoms with E-state index in [9.17, 15) is 9.59 Å². The molecule has 1 aliphatic heterocycles. The maximum absolute atomic E-state index is 11.8. The average Bonchev–Trinajstić information content (AvgIpc) is 3.01. The molecule has 0 spiro atoms. The molecule has 3 rings (SSSR count). The number of aromatic nitrogens is 2. The van der Waals surface area contributed by atoms with E-state index >= 15 is 0 Å². The van der Waals surface area contributed by atoms with Crippen LogP contribution in [0.1, 0.15) is 0 Å². The molecule has 104 valence electrons. The van der Waals surface area contributed by atoms with Crippen molar-refractivity contribution in [1.82, 2.24) is 15.1 Å². The van der Waals surface area contributed by atoms with Crippen LogP contribution in [0.3, 0.4) is 0 Å². The van der Waals surface area contributed by atoms with Gasteiger partial charge in [0.25, 0.3) is 5.91 Å². The summed E-state index contributed by atoms with van der Waals surface area (Å²) in [7, 11) is 3.37. The van der Waals surface area contributed by atoms with Crippen LogP contribution in [-0.4, -0.2) is 41.5 Å². The molecular weight excluding hydrogens is 260 g/mol. The number of likely N-dealkylation sites (N-methyl/N-ethyl adjacent to an activating group) is 1. The van der Waals surface area contributed by atoms with E-state index in [0.29, 0.717) is 5.69 Å². The van der Waals surface area contributed by atoms with E-state index in [0.717, 1.165) is 10.9 Å². The Hall–Kier alpha value is -2.57. The van der Waals surface area contributed by atoms with Gasteiger partial charge in [0.15, 0.2) is 6.10 Å². The molecule has 1 saturated heterocycles. The minimum atomic E-state index is -0.767. The van der Waals surface area contributed by atoms with Crippen molar-refractivity contribution in [3.05, 3.63) is 24.4 Å². The van der Waals surface area contributed by atoms with Crippen molar-refractivity contribution in [1.29, 1.82) is 0 Å². The van der Waals surface area contributed by atoms with Gasteiger partial charge in [-0.05, 0) is 18.2 Å². The highest BCUT2D eigenvalue weighted by Crippen LogP contribution is 2.25. The molecule has 2 heterocycles. The zero-order valence-corrected chi connectivity index (χ0v) is 11.2. The molecule has 1 aliphatic rings. The van der Waals surface area contributed by atoms with Gasteiger partial charge in [-0.3, -0.25) is 14.4 Å². The molecule has 2 amide bonds. The van der Waals surface area contributed by atoms with Gasteiger partial charge in [-0.15, -0.1) is 0 Å². The largest absolute Gasteiger partial charge is 0.434 e. The fraction of sp³-hybridized carbons (Fsp3) is 0.308. The Balaban J connectivity index is 1.91. The number of amides is 2. The summed E-state index contributed by atoms with van der Waals surface area (Å²) in [4.78, 5) is 24.8. The molecule has 2 aromatic rings. The summed E-state index contributed by atoms with van der Waals surface area (Å²) in [6.07, 6.45) is 0.454. The lowest BCUT2D eigenvalue weighted by Gasteiger charge is -2.12. The number of nitrogens with zero attached hydrogens (tertiary/aromatic N) is 3. The Morgan fingerprint density at radius 3 is 3.05 bits per heavy atom. The standard InChI is InChI=1S/C13H14N4O3/c1-14-12(18)11-7-17(13(19)20-11)9-3-4-10-8(5-9)6-15-16(10)2/h3-6,11H,7H2,1-2H3,(H,14,18)/t11-/m1/s1. The van der Waals surface area contributed by atoms with Crippen LogP contribution in [0.15, 0.2) is 24.4 Å². The number of carbonyl (C=O) groups is 2. The number of fused-ring (bicyclic) bond motifs is 1. The number of carbonyl (C=O) groups excluding carboxylic acids is 2. The third kappa shape index (κ3) is 1.87. The third-order valence-corrected chi connectivity index (χ3v) is 3.39. The second kappa shape index (κ2) is 4.52. The van der Waals surface area contributed by atoms with E-state index in [2.05, 4.69) is 10.4 Å². The quantitative estimate of drug-likeness (QED) is 0.872. The van der Waals surface area contributed by atoms with Crippen LogP contribution in [0.25, 0.3) is 10.9 Å². The Morgan fingerprint density at radius 1 is 1.50 bits per heavy atom. The molecule has 1 aromatic carbocycles. The van der Waals surface area contributed by atoms with Crippen LogP contribution >= 0.6 is 0 Å². The first-order valence-corrected chi connectivity index (χ1v) is 6.21. The van der Waals surface area contributed by atoms with Crippen molar-refractivity contribution < 1.29 is 14.3 Å². The zero-order chi connectivity index (χ0) is 14.3. The highest BCUT2D eigenvalue weighted by molar-refractivity contribution is 5.97. The normalized spacial score (nSPS) is 18.4. The zero-order valence-electron chi connectivity index (χ0n) is 11.2.